The van der Waals surface area contributed by atoms with Crippen LogP contribution in [0.4, 0.5) is 10.8 Å². The van der Waals surface area contributed by atoms with Crippen molar-refractivity contribution in [1.29, 1.82) is 0 Å². The number of nitrogens with zero attached hydrogens (tertiary/aromatic N) is 3. The minimum Gasteiger partial charge on any atom is -0.384 e. The predicted molar refractivity (Wildman–Crippen MR) is 112 cm³/mol. The van der Waals surface area contributed by atoms with Crippen molar-refractivity contribution in [2.45, 2.75) is 39.2 Å². The van der Waals surface area contributed by atoms with Crippen LogP contribution in [0.25, 0.3) is 0 Å². The van der Waals surface area contributed by atoms with Gasteiger partial charge < -0.3 is 10.6 Å². The van der Waals surface area contributed by atoms with Crippen LogP contribution in [0.15, 0.2) is 18.3 Å². The molecule has 7 heteroatoms. The first-order valence-corrected chi connectivity index (χ1v) is 10.7. The van der Waals surface area contributed by atoms with Crippen LogP contribution in [-0.2, 0) is 17.8 Å². The molecule has 1 saturated heterocycles. The van der Waals surface area contributed by atoms with E-state index in [4.69, 9.17) is 4.98 Å². The first kappa shape index (κ1) is 18.9. The number of piperidine rings is 1. The third-order valence-corrected chi connectivity index (χ3v) is 5.99. The van der Waals surface area contributed by atoms with Crippen LogP contribution >= 0.6 is 11.3 Å². The highest BCUT2D eigenvalue weighted by atomic mass is 32.1. The molecule has 2 N–H and O–H groups in total. The quantitative estimate of drug-likeness (QED) is 0.782. The number of aromatic nitrogens is 2. The molecule has 28 heavy (non-hydrogen) atoms. The average Bonchev–Trinajstić information content (AvgIpc) is 3.13. The van der Waals surface area contributed by atoms with Crippen molar-refractivity contribution in [3.05, 3.63) is 34.6 Å². The molecule has 1 amide bonds. The van der Waals surface area contributed by atoms with E-state index in [0.717, 1.165) is 68.9 Å². The fourth-order valence-corrected chi connectivity index (χ4v) is 4.52. The van der Waals surface area contributed by atoms with Gasteiger partial charge in [-0.2, -0.15) is 0 Å². The molecular formula is C21H25N5OS. The summed E-state index contributed by atoms with van der Waals surface area (Å²) >= 11 is 1.55. The van der Waals surface area contributed by atoms with E-state index in [1.54, 1.807) is 11.3 Å². The third-order valence-electron chi connectivity index (χ3n) is 5.09. The maximum Gasteiger partial charge on any atom is 0.223 e. The van der Waals surface area contributed by atoms with E-state index < -0.39 is 0 Å². The van der Waals surface area contributed by atoms with E-state index in [9.17, 15) is 4.79 Å². The van der Waals surface area contributed by atoms with Crippen LogP contribution in [-0.4, -0.2) is 40.4 Å². The number of aryl methyl sites for hydroxylation is 1. The zero-order valence-corrected chi connectivity index (χ0v) is 16.9. The molecule has 2 aliphatic heterocycles. The molecule has 1 fully saturated rings. The fourth-order valence-electron chi connectivity index (χ4n) is 3.62. The standard InChI is InChI=1S/C21H25N5OS/c1-15(27)24-21-23-13-18(28-21)14-26-11-8-16(9-12-26)4-5-17-6-7-19-20(25-17)3-2-10-22-19/h6-7,13,16,22H,2-3,8-12,14H2,1H3,(H,23,24,27). The number of thiazole rings is 1. The summed E-state index contributed by atoms with van der Waals surface area (Å²) in [7, 11) is 0. The topological polar surface area (TPSA) is 70.2 Å². The Morgan fingerprint density at radius 3 is 3.07 bits per heavy atom. The number of carbonyl (C=O) groups is 1. The van der Waals surface area contributed by atoms with Crippen molar-refractivity contribution in [2.24, 2.45) is 5.92 Å². The molecule has 2 aromatic heterocycles. The fraction of sp³-hybridized carbons (Fsp3) is 0.476. The van der Waals surface area contributed by atoms with Crippen molar-refractivity contribution < 1.29 is 4.79 Å². The zero-order chi connectivity index (χ0) is 19.3. The highest BCUT2D eigenvalue weighted by Crippen LogP contribution is 2.23. The van der Waals surface area contributed by atoms with Gasteiger partial charge in [-0.1, -0.05) is 5.92 Å². The van der Waals surface area contributed by atoms with Gasteiger partial charge in [0, 0.05) is 37.0 Å². The van der Waals surface area contributed by atoms with E-state index in [1.807, 2.05) is 12.3 Å². The highest BCUT2D eigenvalue weighted by molar-refractivity contribution is 7.15. The molecule has 6 nitrogen and oxygen atoms in total. The van der Waals surface area contributed by atoms with Crippen LogP contribution < -0.4 is 10.6 Å². The number of anilines is 2. The number of carbonyl (C=O) groups excluding carboxylic acids is 1. The summed E-state index contributed by atoms with van der Waals surface area (Å²) in [4.78, 5) is 23.7. The molecule has 0 aromatic carbocycles. The lowest BCUT2D eigenvalue weighted by molar-refractivity contribution is -0.114. The second-order valence-corrected chi connectivity index (χ2v) is 8.47. The maximum atomic E-state index is 11.1. The van der Waals surface area contributed by atoms with Gasteiger partial charge in [-0.25, -0.2) is 9.97 Å². The van der Waals surface area contributed by atoms with Crippen LogP contribution in [0, 0.1) is 17.8 Å². The Bertz CT molecular complexity index is 905. The van der Waals surface area contributed by atoms with Gasteiger partial charge in [0.05, 0.1) is 11.4 Å². The van der Waals surface area contributed by atoms with Gasteiger partial charge in [0.2, 0.25) is 5.91 Å². The molecule has 0 saturated carbocycles. The van der Waals surface area contributed by atoms with Crippen molar-refractivity contribution >= 4 is 28.1 Å². The first-order valence-electron chi connectivity index (χ1n) is 9.86. The van der Waals surface area contributed by atoms with Gasteiger partial charge in [-0.15, -0.1) is 11.3 Å². The normalized spacial score (nSPS) is 17.2. The SMILES string of the molecule is CC(=O)Nc1ncc(CN2CCC(C#Cc3ccc4c(n3)CCCN4)CC2)s1. The van der Waals surface area contributed by atoms with Crippen molar-refractivity contribution in [1.82, 2.24) is 14.9 Å². The predicted octanol–water partition coefficient (Wildman–Crippen LogP) is 3.12. The minimum absolute atomic E-state index is 0.0787. The second kappa shape index (κ2) is 8.72. The number of pyridine rings is 1. The molecule has 0 aliphatic carbocycles. The average molecular weight is 396 g/mol. The molecule has 2 aromatic rings. The minimum atomic E-state index is -0.0787. The third kappa shape index (κ3) is 4.89. The summed E-state index contributed by atoms with van der Waals surface area (Å²) < 4.78 is 0. The first-order chi connectivity index (χ1) is 13.7. The second-order valence-electron chi connectivity index (χ2n) is 7.35. The molecule has 0 atom stereocenters. The van der Waals surface area contributed by atoms with E-state index in [2.05, 4.69) is 38.4 Å². The molecule has 4 heterocycles. The Kier molecular flexibility index (Phi) is 5.89. The summed E-state index contributed by atoms with van der Waals surface area (Å²) in [6.07, 6.45) is 6.20. The Morgan fingerprint density at radius 1 is 1.39 bits per heavy atom. The van der Waals surface area contributed by atoms with Gasteiger partial charge in [0.25, 0.3) is 0 Å². The van der Waals surface area contributed by atoms with Gasteiger partial charge in [-0.3, -0.25) is 9.69 Å². The van der Waals surface area contributed by atoms with E-state index in [0.29, 0.717) is 11.0 Å². The van der Waals surface area contributed by atoms with Gasteiger partial charge in [-0.05, 0) is 56.8 Å². The van der Waals surface area contributed by atoms with Crippen LogP contribution in [0.1, 0.15) is 42.5 Å². The summed E-state index contributed by atoms with van der Waals surface area (Å²) in [6, 6.07) is 4.13. The van der Waals surface area contributed by atoms with E-state index in [1.165, 1.54) is 11.8 Å². The number of amides is 1. The van der Waals surface area contributed by atoms with Crippen molar-refractivity contribution in [2.75, 3.05) is 30.3 Å². The van der Waals surface area contributed by atoms with Crippen molar-refractivity contribution in [3.63, 3.8) is 0 Å². The molecule has 4 rings (SSSR count). The number of likely N-dealkylation sites (tertiary alicyclic amines) is 1. The summed E-state index contributed by atoms with van der Waals surface area (Å²) in [5, 5.41) is 6.81. The highest BCUT2D eigenvalue weighted by Gasteiger charge is 2.18. The maximum absolute atomic E-state index is 11.1. The van der Waals surface area contributed by atoms with Gasteiger partial charge in [0.15, 0.2) is 5.13 Å². The Labute approximate surface area is 169 Å². The lowest BCUT2D eigenvalue weighted by atomic mass is 9.97. The van der Waals surface area contributed by atoms with Crippen LogP contribution in [0.5, 0.6) is 0 Å². The summed E-state index contributed by atoms with van der Waals surface area (Å²) in [5.74, 6) is 7.09. The lowest BCUT2D eigenvalue weighted by Crippen LogP contribution is -2.32. The molecule has 0 bridgehead atoms. The number of fused-ring (bicyclic) bond motifs is 1. The molecular weight excluding hydrogens is 370 g/mol. The molecule has 0 unspecified atom stereocenters. The van der Waals surface area contributed by atoms with E-state index in [-0.39, 0.29) is 5.91 Å². The summed E-state index contributed by atoms with van der Waals surface area (Å²) in [6.45, 7) is 5.50. The smallest absolute Gasteiger partial charge is 0.223 e. The lowest BCUT2D eigenvalue weighted by Gasteiger charge is -2.29. The number of hydrogen-bond acceptors (Lipinski definition) is 6. The zero-order valence-electron chi connectivity index (χ0n) is 16.1. The Morgan fingerprint density at radius 2 is 2.25 bits per heavy atom. The molecule has 0 radical (unpaired) electrons. The Hall–Kier alpha value is -2.43. The summed E-state index contributed by atoms with van der Waals surface area (Å²) in [5.41, 5.74) is 3.20. The van der Waals surface area contributed by atoms with E-state index >= 15 is 0 Å². The van der Waals surface area contributed by atoms with Crippen molar-refractivity contribution in [3.8, 4) is 11.8 Å². The molecule has 2 aliphatic rings. The number of hydrogen-bond donors (Lipinski definition) is 2. The number of nitrogens with one attached hydrogen (secondary N) is 2. The Balaban J connectivity index is 1.28. The van der Waals surface area contributed by atoms with Gasteiger partial charge >= 0.3 is 0 Å². The molecule has 146 valence electrons. The molecule has 0 spiro atoms. The van der Waals surface area contributed by atoms with Crippen LogP contribution in [0.2, 0.25) is 0 Å². The monoisotopic (exact) mass is 395 g/mol. The van der Waals surface area contributed by atoms with Crippen LogP contribution in [0.3, 0.4) is 0 Å². The van der Waals surface area contributed by atoms with Gasteiger partial charge in [0.1, 0.15) is 5.69 Å². The largest absolute Gasteiger partial charge is 0.384 e. The number of rotatable bonds is 3.